The first-order valence-electron chi connectivity index (χ1n) is 16.0. The van der Waals surface area contributed by atoms with Crippen molar-refractivity contribution >= 4 is 0 Å². The van der Waals surface area contributed by atoms with Gasteiger partial charge in [0.15, 0.2) is 11.5 Å². The summed E-state index contributed by atoms with van der Waals surface area (Å²) in [6, 6.07) is 3.89. The molecule has 2 saturated carbocycles. The topological polar surface area (TPSA) is 99.1 Å². The first kappa shape index (κ1) is 29.6. The molecular weight excluding hydrogens is 526 g/mol. The fourth-order valence-corrected chi connectivity index (χ4v) is 8.15. The summed E-state index contributed by atoms with van der Waals surface area (Å²) in [5.41, 5.74) is 0.833. The highest BCUT2D eigenvalue weighted by atomic mass is 16.6. The van der Waals surface area contributed by atoms with Crippen molar-refractivity contribution in [3.8, 4) is 11.5 Å². The molecule has 1 aromatic carbocycles. The van der Waals surface area contributed by atoms with Gasteiger partial charge in [-0.3, -0.25) is 4.90 Å². The summed E-state index contributed by atoms with van der Waals surface area (Å²) in [5, 5.41) is 23.4. The quantitative estimate of drug-likeness (QED) is 0.271. The molecule has 9 nitrogen and oxygen atoms in total. The molecule has 3 aliphatic carbocycles. The number of hydrogen-bond donors (Lipinski definition) is 2. The molecule has 0 radical (unpaired) electrons. The highest BCUT2D eigenvalue weighted by Crippen LogP contribution is 2.65. The second-order valence-corrected chi connectivity index (χ2v) is 12.5. The Balaban J connectivity index is 1.00. The van der Waals surface area contributed by atoms with E-state index in [2.05, 4.69) is 17.9 Å². The SMILES string of the molecule is CCCOCCOCCOCCOCCOC1CC[C@@]2(O)[C@H]3Cc4ccc(O)c5c4[C@@]2(CCN3CC2CCC2)[C@H]1O5. The Morgan fingerprint density at radius 3 is 2.24 bits per heavy atom. The van der Waals surface area contributed by atoms with Crippen molar-refractivity contribution in [2.75, 3.05) is 72.6 Å². The monoisotopic (exact) mass is 575 g/mol. The van der Waals surface area contributed by atoms with Gasteiger partial charge in [0, 0.05) is 24.8 Å². The molecule has 1 saturated heterocycles. The summed E-state index contributed by atoms with van der Waals surface area (Å²) in [5.74, 6) is 1.49. The van der Waals surface area contributed by atoms with E-state index in [1.54, 1.807) is 6.07 Å². The zero-order chi connectivity index (χ0) is 28.3. The van der Waals surface area contributed by atoms with Crippen LogP contribution >= 0.6 is 0 Å². The van der Waals surface area contributed by atoms with Crippen molar-refractivity contribution in [1.82, 2.24) is 4.90 Å². The minimum Gasteiger partial charge on any atom is -0.504 e. The number of hydrogen-bond acceptors (Lipinski definition) is 9. The number of benzene rings is 1. The molecule has 5 atom stereocenters. The van der Waals surface area contributed by atoms with Crippen LogP contribution in [0.15, 0.2) is 12.1 Å². The Morgan fingerprint density at radius 2 is 1.59 bits per heavy atom. The average molecular weight is 576 g/mol. The van der Waals surface area contributed by atoms with Crippen molar-refractivity contribution in [1.29, 1.82) is 0 Å². The number of ether oxygens (including phenoxy) is 6. The molecule has 2 heterocycles. The van der Waals surface area contributed by atoms with Gasteiger partial charge >= 0.3 is 0 Å². The van der Waals surface area contributed by atoms with E-state index in [4.69, 9.17) is 28.4 Å². The van der Waals surface area contributed by atoms with Gasteiger partial charge in [-0.2, -0.15) is 0 Å². The molecule has 41 heavy (non-hydrogen) atoms. The average Bonchev–Trinajstić information content (AvgIpc) is 3.30. The third kappa shape index (κ3) is 5.52. The predicted molar refractivity (Wildman–Crippen MR) is 153 cm³/mol. The molecule has 230 valence electrons. The Hall–Kier alpha value is -1.46. The second-order valence-electron chi connectivity index (χ2n) is 12.5. The summed E-state index contributed by atoms with van der Waals surface area (Å²) in [7, 11) is 0. The van der Waals surface area contributed by atoms with Crippen LogP contribution in [-0.4, -0.2) is 112 Å². The number of phenolic OH excluding ortho intramolecular Hbond substituents is 1. The van der Waals surface area contributed by atoms with E-state index < -0.39 is 11.0 Å². The van der Waals surface area contributed by atoms with Crippen molar-refractivity contribution in [3.05, 3.63) is 23.3 Å². The Kier molecular flexibility index (Phi) is 9.41. The Morgan fingerprint density at radius 1 is 0.902 bits per heavy atom. The van der Waals surface area contributed by atoms with Gasteiger partial charge in [-0.25, -0.2) is 0 Å². The molecule has 5 aliphatic rings. The molecule has 2 bridgehead atoms. The lowest BCUT2D eigenvalue weighted by atomic mass is 9.48. The van der Waals surface area contributed by atoms with E-state index >= 15 is 0 Å². The van der Waals surface area contributed by atoms with Crippen LogP contribution in [0, 0.1) is 5.92 Å². The molecule has 0 amide bonds. The van der Waals surface area contributed by atoms with Gasteiger partial charge < -0.3 is 38.6 Å². The highest BCUT2D eigenvalue weighted by molar-refractivity contribution is 5.62. The van der Waals surface area contributed by atoms with Gasteiger partial charge in [-0.1, -0.05) is 19.4 Å². The van der Waals surface area contributed by atoms with E-state index in [9.17, 15) is 10.2 Å². The number of nitrogens with zero attached hydrogens (tertiary/aromatic N) is 1. The van der Waals surface area contributed by atoms with Crippen molar-refractivity contribution < 1.29 is 38.6 Å². The minimum atomic E-state index is -0.883. The van der Waals surface area contributed by atoms with Crippen LogP contribution in [-0.2, 0) is 35.5 Å². The van der Waals surface area contributed by atoms with E-state index in [0.29, 0.717) is 65.0 Å². The van der Waals surface area contributed by atoms with Gasteiger partial charge in [0.25, 0.3) is 0 Å². The lowest BCUT2D eigenvalue weighted by molar-refractivity contribution is -0.218. The van der Waals surface area contributed by atoms with Gasteiger partial charge in [0.05, 0.1) is 70.0 Å². The number of aromatic hydroxyl groups is 1. The van der Waals surface area contributed by atoms with Gasteiger partial charge in [-0.05, 0) is 69.0 Å². The fourth-order valence-electron chi connectivity index (χ4n) is 8.15. The third-order valence-corrected chi connectivity index (χ3v) is 10.3. The molecule has 1 aromatic rings. The largest absolute Gasteiger partial charge is 0.504 e. The first-order valence-corrected chi connectivity index (χ1v) is 16.0. The smallest absolute Gasteiger partial charge is 0.165 e. The maximum absolute atomic E-state index is 12.6. The fraction of sp³-hybridized carbons (Fsp3) is 0.812. The standard InChI is InChI=1S/C32H49NO8/c1-2-12-36-13-14-37-15-16-38-17-18-39-19-20-40-26-8-9-32(35)27-21-24-6-7-25(34)29-28(24)31(32,30(26)41-29)10-11-33(27)22-23-4-3-5-23/h6-7,23,26-27,30,34-35H,2-5,8-22H2,1H3/t26?,27-,30+,31+,32-/m1/s1. The van der Waals surface area contributed by atoms with Crippen molar-refractivity contribution in [3.63, 3.8) is 0 Å². The lowest BCUT2D eigenvalue weighted by Gasteiger charge is -2.64. The third-order valence-electron chi connectivity index (χ3n) is 10.3. The number of rotatable bonds is 17. The zero-order valence-corrected chi connectivity index (χ0v) is 24.7. The lowest BCUT2D eigenvalue weighted by Crippen LogP contribution is -2.77. The maximum Gasteiger partial charge on any atom is 0.165 e. The summed E-state index contributed by atoms with van der Waals surface area (Å²) in [6.45, 7) is 9.12. The van der Waals surface area contributed by atoms with Crippen LogP contribution < -0.4 is 4.74 Å². The van der Waals surface area contributed by atoms with Crippen LogP contribution in [0.25, 0.3) is 0 Å². The number of aliphatic hydroxyl groups is 1. The summed E-state index contributed by atoms with van der Waals surface area (Å²) in [6.07, 6.45) is 7.53. The highest BCUT2D eigenvalue weighted by Gasteiger charge is 2.73. The molecule has 2 N–H and O–H groups in total. The van der Waals surface area contributed by atoms with Gasteiger partial charge in [0.1, 0.15) is 6.10 Å². The summed E-state index contributed by atoms with van der Waals surface area (Å²) in [4.78, 5) is 2.57. The number of likely N-dealkylation sites (tertiary alicyclic amines) is 1. The summed E-state index contributed by atoms with van der Waals surface area (Å²) >= 11 is 0. The second kappa shape index (κ2) is 13.0. The minimum absolute atomic E-state index is 0.0787. The zero-order valence-electron chi connectivity index (χ0n) is 24.7. The molecule has 0 aromatic heterocycles. The van der Waals surface area contributed by atoms with Crippen LogP contribution in [0.2, 0.25) is 0 Å². The molecule has 1 spiro atoms. The van der Waals surface area contributed by atoms with Crippen molar-refractivity contribution in [2.45, 2.75) is 87.6 Å². The van der Waals surface area contributed by atoms with E-state index in [0.717, 1.165) is 56.9 Å². The maximum atomic E-state index is 12.6. The molecule has 6 rings (SSSR count). The summed E-state index contributed by atoms with van der Waals surface area (Å²) < 4.78 is 35.2. The van der Waals surface area contributed by atoms with Gasteiger partial charge in [-0.15, -0.1) is 0 Å². The Labute approximate surface area is 244 Å². The number of piperidine rings is 1. The van der Waals surface area contributed by atoms with Gasteiger partial charge in [0.2, 0.25) is 0 Å². The van der Waals surface area contributed by atoms with E-state index in [1.807, 2.05) is 0 Å². The predicted octanol–water partition coefficient (Wildman–Crippen LogP) is 3.21. The van der Waals surface area contributed by atoms with Crippen LogP contribution in [0.1, 0.15) is 63.0 Å². The molecule has 2 aliphatic heterocycles. The molecule has 3 fully saturated rings. The Bertz CT molecular complexity index is 1020. The molecule has 1 unspecified atom stereocenters. The molecule has 9 heteroatoms. The van der Waals surface area contributed by atoms with Crippen LogP contribution in [0.4, 0.5) is 0 Å². The first-order chi connectivity index (χ1) is 20.1. The normalized spacial score (nSPS) is 32.0. The molecular formula is C32H49NO8. The number of phenols is 1. The van der Waals surface area contributed by atoms with Crippen LogP contribution in [0.3, 0.4) is 0 Å². The van der Waals surface area contributed by atoms with Crippen molar-refractivity contribution in [2.24, 2.45) is 5.92 Å². The van der Waals surface area contributed by atoms with E-state index in [-0.39, 0.29) is 24.0 Å². The van der Waals surface area contributed by atoms with Crippen LogP contribution in [0.5, 0.6) is 11.5 Å². The van der Waals surface area contributed by atoms with E-state index in [1.165, 1.54) is 24.8 Å².